The fourth-order valence-corrected chi connectivity index (χ4v) is 1.74. The molecule has 3 nitrogen and oxygen atoms in total. The molecule has 0 unspecified atom stereocenters. The Morgan fingerprint density at radius 3 is 2.72 bits per heavy atom. The predicted molar refractivity (Wildman–Crippen MR) is 72.5 cm³/mol. The van der Waals surface area contributed by atoms with Crippen LogP contribution < -0.4 is 5.32 Å². The number of nitriles is 1. The molecule has 90 valence electrons. The molecule has 0 aliphatic carbocycles. The van der Waals surface area contributed by atoms with Crippen molar-refractivity contribution in [2.75, 3.05) is 5.32 Å². The van der Waals surface area contributed by atoms with E-state index in [1.807, 2.05) is 25.1 Å². The zero-order valence-electron chi connectivity index (χ0n) is 9.94. The van der Waals surface area contributed by atoms with Gasteiger partial charge in [-0.25, -0.2) is 4.98 Å². The van der Waals surface area contributed by atoms with E-state index < -0.39 is 0 Å². The van der Waals surface area contributed by atoms with Crippen molar-refractivity contribution in [3.8, 4) is 6.07 Å². The van der Waals surface area contributed by atoms with Gasteiger partial charge >= 0.3 is 0 Å². The Labute approximate surface area is 111 Å². The smallest absolute Gasteiger partial charge is 0.152 e. The molecule has 0 radical (unpaired) electrons. The minimum Gasteiger partial charge on any atom is -0.378 e. The van der Waals surface area contributed by atoms with Gasteiger partial charge in [-0.2, -0.15) is 5.26 Å². The molecule has 2 rings (SSSR count). The maximum absolute atomic E-state index is 8.71. The van der Waals surface area contributed by atoms with E-state index in [1.165, 1.54) is 0 Å². The first-order chi connectivity index (χ1) is 8.69. The third-order valence-electron chi connectivity index (χ3n) is 2.54. The van der Waals surface area contributed by atoms with Crippen molar-refractivity contribution in [2.24, 2.45) is 0 Å². The maximum Gasteiger partial charge on any atom is 0.152 e. The standard InChI is InChI=1S/C14H12ClN3/c1-10-6-13(14(15)18-8-10)17-9-12-4-2-11(7-16)3-5-12/h2-6,8,17H,9H2,1H3. The summed E-state index contributed by atoms with van der Waals surface area (Å²) < 4.78 is 0. The summed E-state index contributed by atoms with van der Waals surface area (Å²) in [5.41, 5.74) is 3.63. The highest BCUT2D eigenvalue weighted by atomic mass is 35.5. The number of anilines is 1. The van der Waals surface area contributed by atoms with E-state index in [0.29, 0.717) is 17.3 Å². The molecule has 2 aromatic rings. The average Bonchev–Trinajstić information content (AvgIpc) is 2.40. The molecule has 0 aliphatic rings. The molecule has 1 N–H and O–H groups in total. The normalized spacial score (nSPS) is 9.83. The lowest BCUT2D eigenvalue weighted by atomic mass is 10.1. The van der Waals surface area contributed by atoms with Crippen LogP contribution in [0.25, 0.3) is 0 Å². The Bertz CT molecular complexity index is 585. The largest absolute Gasteiger partial charge is 0.378 e. The van der Waals surface area contributed by atoms with E-state index in [4.69, 9.17) is 16.9 Å². The van der Waals surface area contributed by atoms with Crippen LogP contribution in [0.15, 0.2) is 36.5 Å². The van der Waals surface area contributed by atoms with Crippen molar-refractivity contribution < 1.29 is 0 Å². The Morgan fingerprint density at radius 2 is 2.06 bits per heavy atom. The number of halogens is 1. The maximum atomic E-state index is 8.71. The number of aromatic nitrogens is 1. The number of rotatable bonds is 3. The van der Waals surface area contributed by atoms with Crippen LogP contribution in [0.5, 0.6) is 0 Å². The molecule has 0 atom stereocenters. The second kappa shape index (κ2) is 5.52. The summed E-state index contributed by atoms with van der Waals surface area (Å²) >= 11 is 5.99. The van der Waals surface area contributed by atoms with Gasteiger partial charge in [0.05, 0.1) is 17.3 Å². The van der Waals surface area contributed by atoms with Gasteiger partial charge < -0.3 is 5.32 Å². The zero-order chi connectivity index (χ0) is 13.0. The molecule has 1 aromatic heterocycles. The number of nitrogens with zero attached hydrogens (tertiary/aromatic N) is 2. The molecule has 1 aromatic carbocycles. The monoisotopic (exact) mass is 257 g/mol. The van der Waals surface area contributed by atoms with Gasteiger partial charge in [-0.05, 0) is 36.2 Å². The number of hydrogen-bond acceptors (Lipinski definition) is 3. The summed E-state index contributed by atoms with van der Waals surface area (Å²) in [6.45, 7) is 2.62. The molecule has 4 heteroatoms. The molecule has 0 saturated heterocycles. The highest BCUT2D eigenvalue weighted by Gasteiger charge is 2.01. The fraction of sp³-hybridized carbons (Fsp3) is 0.143. The van der Waals surface area contributed by atoms with Gasteiger partial charge in [0.2, 0.25) is 0 Å². The van der Waals surface area contributed by atoms with Gasteiger partial charge in [-0.15, -0.1) is 0 Å². The van der Waals surface area contributed by atoms with E-state index in [-0.39, 0.29) is 0 Å². The predicted octanol–water partition coefficient (Wildman–Crippen LogP) is 3.53. The molecule has 0 fully saturated rings. The van der Waals surface area contributed by atoms with E-state index in [0.717, 1.165) is 16.8 Å². The second-order valence-electron chi connectivity index (χ2n) is 4.01. The first kappa shape index (κ1) is 12.4. The Kier molecular flexibility index (Phi) is 3.81. The minimum atomic E-state index is 0.467. The van der Waals surface area contributed by atoms with Gasteiger partial charge in [0.1, 0.15) is 0 Å². The zero-order valence-corrected chi connectivity index (χ0v) is 10.7. The topological polar surface area (TPSA) is 48.7 Å². The van der Waals surface area contributed by atoms with E-state index in [2.05, 4.69) is 16.4 Å². The van der Waals surface area contributed by atoms with Crippen LogP contribution >= 0.6 is 11.6 Å². The van der Waals surface area contributed by atoms with Gasteiger partial charge in [0, 0.05) is 12.7 Å². The van der Waals surface area contributed by atoms with Gasteiger partial charge in [-0.1, -0.05) is 23.7 Å². The van der Waals surface area contributed by atoms with E-state index in [9.17, 15) is 0 Å². The molecular weight excluding hydrogens is 246 g/mol. The summed E-state index contributed by atoms with van der Waals surface area (Å²) in [6, 6.07) is 11.5. The number of pyridine rings is 1. The van der Waals surface area contributed by atoms with Crippen molar-refractivity contribution in [2.45, 2.75) is 13.5 Å². The second-order valence-corrected chi connectivity index (χ2v) is 4.37. The molecule has 0 aliphatic heterocycles. The van der Waals surface area contributed by atoms with Crippen molar-refractivity contribution in [1.82, 2.24) is 4.98 Å². The summed E-state index contributed by atoms with van der Waals surface area (Å²) in [5, 5.41) is 12.4. The number of aryl methyl sites for hydroxylation is 1. The van der Waals surface area contributed by atoms with Crippen LogP contribution in [-0.4, -0.2) is 4.98 Å². The number of nitrogens with one attached hydrogen (secondary N) is 1. The van der Waals surface area contributed by atoms with Gasteiger partial charge in [0.25, 0.3) is 0 Å². The first-order valence-electron chi connectivity index (χ1n) is 5.54. The molecule has 0 spiro atoms. The minimum absolute atomic E-state index is 0.467. The first-order valence-corrected chi connectivity index (χ1v) is 5.92. The summed E-state index contributed by atoms with van der Waals surface area (Å²) in [6.07, 6.45) is 1.73. The lowest BCUT2D eigenvalue weighted by Gasteiger charge is -2.08. The van der Waals surface area contributed by atoms with Crippen LogP contribution in [0.1, 0.15) is 16.7 Å². The van der Waals surface area contributed by atoms with E-state index >= 15 is 0 Å². The van der Waals surface area contributed by atoms with Crippen LogP contribution in [0.4, 0.5) is 5.69 Å². The fourth-order valence-electron chi connectivity index (χ4n) is 1.57. The van der Waals surface area contributed by atoms with Crippen LogP contribution in [0.2, 0.25) is 5.15 Å². The van der Waals surface area contributed by atoms with Crippen molar-refractivity contribution in [3.05, 3.63) is 58.4 Å². The number of hydrogen-bond donors (Lipinski definition) is 1. The van der Waals surface area contributed by atoms with Gasteiger partial charge in [0.15, 0.2) is 5.15 Å². The molecule has 1 heterocycles. The highest BCUT2D eigenvalue weighted by molar-refractivity contribution is 6.31. The Hall–Kier alpha value is -2.05. The molecule has 0 saturated carbocycles. The molecule has 0 bridgehead atoms. The van der Waals surface area contributed by atoms with Crippen molar-refractivity contribution in [1.29, 1.82) is 5.26 Å². The van der Waals surface area contributed by atoms with Crippen LogP contribution in [0, 0.1) is 18.3 Å². The molecule has 18 heavy (non-hydrogen) atoms. The van der Waals surface area contributed by atoms with E-state index in [1.54, 1.807) is 18.3 Å². The van der Waals surface area contributed by atoms with Crippen LogP contribution in [-0.2, 0) is 6.54 Å². The number of benzene rings is 1. The SMILES string of the molecule is Cc1cnc(Cl)c(NCc2ccc(C#N)cc2)c1. The lowest BCUT2D eigenvalue weighted by molar-refractivity contribution is 1.13. The third-order valence-corrected chi connectivity index (χ3v) is 2.84. The van der Waals surface area contributed by atoms with Gasteiger partial charge in [-0.3, -0.25) is 0 Å². The average molecular weight is 258 g/mol. The molecule has 0 amide bonds. The lowest BCUT2D eigenvalue weighted by Crippen LogP contribution is -2.01. The summed E-state index contributed by atoms with van der Waals surface area (Å²) in [7, 11) is 0. The molecular formula is C14H12ClN3. The van der Waals surface area contributed by atoms with Crippen molar-refractivity contribution >= 4 is 17.3 Å². The third kappa shape index (κ3) is 2.99. The van der Waals surface area contributed by atoms with Crippen molar-refractivity contribution in [3.63, 3.8) is 0 Å². The van der Waals surface area contributed by atoms with Crippen LogP contribution in [0.3, 0.4) is 0 Å². The summed E-state index contributed by atoms with van der Waals surface area (Å²) in [5.74, 6) is 0. The Balaban J connectivity index is 2.07. The quantitative estimate of drug-likeness (QED) is 0.856. The Morgan fingerprint density at radius 1 is 1.33 bits per heavy atom. The summed E-state index contributed by atoms with van der Waals surface area (Å²) in [4.78, 5) is 4.08. The highest BCUT2D eigenvalue weighted by Crippen LogP contribution is 2.20.